The summed E-state index contributed by atoms with van der Waals surface area (Å²) in [5.41, 5.74) is 1.81. The molecule has 1 fully saturated rings. The van der Waals surface area contributed by atoms with Gasteiger partial charge in [0.2, 0.25) is 0 Å². The Morgan fingerprint density at radius 3 is 2.93 bits per heavy atom. The smallest absolute Gasteiger partial charge is 0.438 e. The number of nitrogens with one attached hydrogen (secondary N) is 1. The monoisotopic (exact) mass is 399 g/mol. The number of aromatic nitrogens is 5. The molecule has 0 aromatic carbocycles. The van der Waals surface area contributed by atoms with Gasteiger partial charge in [-0.2, -0.15) is 5.10 Å². The first-order valence-corrected chi connectivity index (χ1v) is 10.1. The molecule has 29 heavy (non-hydrogen) atoms. The number of rotatable bonds is 9. The van der Waals surface area contributed by atoms with Crippen molar-refractivity contribution in [2.24, 2.45) is 0 Å². The molecule has 0 amide bonds. The van der Waals surface area contributed by atoms with Crippen LogP contribution in [0.15, 0.2) is 39.9 Å². The standard InChI is InChI=1S/C20H25N5O4/c26-20-23-18(24-29-20)6-2-1-4-12-27-15-8-9-16(21-14-15)17-10-11-22-25(17)19-7-3-5-13-28-19/h8-11,14,19H,1-7,12-13H2,(H,23,24,26). The van der Waals surface area contributed by atoms with E-state index < -0.39 is 5.76 Å². The highest BCUT2D eigenvalue weighted by atomic mass is 16.5. The summed E-state index contributed by atoms with van der Waals surface area (Å²) >= 11 is 0. The molecule has 0 bridgehead atoms. The molecule has 1 aliphatic rings. The molecule has 3 aromatic heterocycles. The lowest BCUT2D eigenvalue weighted by Gasteiger charge is -2.24. The fraction of sp³-hybridized carbons (Fsp3) is 0.500. The van der Waals surface area contributed by atoms with Gasteiger partial charge in [0.1, 0.15) is 5.75 Å². The summed E-state index contributed by atoms with van der Waals surface area (Å²) in [4.78, 5) is 17.9. The zero-order valence-electron chi connectivity index (χ0n) is 16.2. The summed E-state index contributed by atoms with van der Waals surface area (Å²) in [5, 5.41) is 8.08. The minimum atomic E-state index is -0.506. The Bertz CT molecular complexity index is 940. The molecule has 154 valence electrons. The van der Waals surface area contributed by atoms with Gasteiger partial charge in [0, 0.05) is 19.2 Å². The quantitative estimate of drug-likeness (QED) is 0.551. The maximum absolute atomic E-state index is 10.9. The summed E-state index contributed by atoms with van der Waals surface area (Å²) in [7, 11) is 0. The predicted molar refractivity (Wildman–Crippen MR) is 104 cm³/mol. The van der Waals surface area contributed by atoms with Gasteiger partial charge >= 0.3 is 5.76 Å². The molecule has 4 heterocycles. The fourth-order valence-electron chi connectivity index (χ4n) is 3.41. The zero-order chi connectivity index (χ0) is 19.9. The number of pyridine rings is 1. The molecular weight excluding hydrogens is 374 g/mol. The maximum atomic E-state index is 10.9. The molecular formula is C20H25N5O4. The van der Waals surface area contributed by atoms with Crippen molar-refractivity contribution < 1.29 is 14.0 Å². The number of aromatic amines is 1. The van der Waals surface area contributed by atoms with Crippen LogP contribution >= 0.6 is 0 Å². The summed E-state index contributed by atoms with van der Waals surface area (Å²) in [5.74, 6) is 0.830. The normalized spacial score (nSPS) is 16.8. The van der Waals surface area contributed by atoms with Gasteiger partial charge < -0.3 is 9.47 Å². The molecule has 9 nitrogen and oxygen atoms in total. The van der Waals surface area contributed by atoms with Crippen LogP contribution in [0.5, 0.6) is 5.75 Å². The Hall–Kier alpha value is -2.94. The minimum absolute atomic E-state index is 0.0124. The third kappa shape index (κ3) is 5.11. The van der Waals surface area contributed by atoms with Crippen LogP contribution in [0.4, 0.5) is 0 Å². The van der Waals surface area contributed by atoms with Crippen molar-refractivity contribution in [1.29, 1.82) is 0 Å². The largest absolute Gasteiger partial charge is 0.492 e. The first-order valence-electron chi connectivity index (χ1n) is 10.1. The highest BCUT2D eigenvalue weighted by molar-refractivity contribution is 5.54. The Morgan fingerprint density at radius 2 is 2.17 bits per heavy atom. The van der Waals surface area contributed by atoms with Crippen LogP contribution in [0.25, 0.3) is 11.4 Å². The van der Waals surface area contributed by atoms with Crippen LogP contribution in [0, 0.1) is 0 Å². The number of unbranched alkanes of at least 4 members (excludes halogenated alkanes) is 2. The second-order valence-electron chi connectivity index (χ2n) is 7.06. The van der Waals surface area contributed by atoms with E-state index in [1.54, 1.807) is 12.4 Å². The lowest BCUT2D eigenvalue weighted by atomic mass is 10.2. The van der Waals surface area contributed by atoms with E-state index in [1.807, 2.05) is 22.9 Å². The highest BCUT2D eigenvalue weighted by Gasteiger charge is 2.19. The fourth-order valence-corrected chi connectivity index (χ4v) is 3.41. The van der Waals surface area contributed by atoms with Crippen LogP contribution in [0.2, 0.25) is 0 Å². The molecule has 4 rings (SSSR count). The van der Waals surface area contributed by atoms with Crippen LogP contribution in [-0.2, 0) is 11.2 Å². The van der Waals surface area contributed by atoms with Crippen molar-refractivity contribution >= 4 is 0 Å². The lowest BCUT2D eigenvalue weighted by molar-refractivity contribution is -0.0384. The SMILES string of the molecule is O=c1[nH]c(CCCCCOc2ccc(-c3ccnn3C3CCCCO3)nc2)no1. The van der Waals surface area contributed by atoms with E-state index in [0.29, 0.717) is 18.9 Å². The van der Waals surface area contributed by atoms with Gasteiger partial charge in [0.05, 0.1) is 24.2 Å². The summed E-state index contributed by atoms with van der Waals surface area (Å²) in [6.45, 7) is 1.39. The summed E-state index contributed by atoms with van der Waals surface area (Å²) in [6.07, 6.45) is 10.2. The van der Waals surface area contributed by atoms with E-state index in [-0.39, 0.29) is 6.23 Å². The van der Waals surface area contributed by atoms with Crippen LogP contribution in [0.1, 0.15) is 50.6 Å². The van der Waals surface area contributed by atoms with Crippen molar-refractivity contribution in [3.8, 4) is 17.1 Å². The van der Waals surface area contributed by atoms with E-state index >= 15 is 0 Å². The topological polar surface area (TPSA) is 108 Å². The molecule has 1 atom stereocenters. The van der Waals surface area contributed by atoms with Crippen molar-refractivity contribution in [2.75, 3.05) is 13.2 Å². The van der Waals surface area contributed by atoms with E-state index in [2.05, 4.69) is 24.7 Å². The van der Waals surface area contributed by atoms with Crippen LogP contribution in [-0.4, -0.2) is 38.1 Å². The van der Waals surface area contributed by atoms with E-state index in [9.17, 15) is 4.79 Å². The molecule has 0 spiro atoms. The predicted octanol–water partition coefficient (Wildman–Crippen LogP) is 3.11. The second kappa shape index (κ2) is 9.51. The first-order chi connectivity index (χ1) is 14.3. The van der Waals surface area contributed by atoms with E-state index in [1.165, 1.54) is 0 Å². The Morgan fingerprint density at radius 1 is 1.21 bits per heavy atom. The van der Waals surface area contributed by atoms with Crippen molar-refractivity contribution in [3.05, 3.63) is 47.0 Å². The van der Waals surface area contributed by atoms with Crippen LogP contribution < -0.4 is 10.5 Å². The van der Waals surface area contributed by atoms with Gasteiger partial charge in [-0.25, -0.2) is 9.48 Å². The Balaban J connectivity index is 1.23. The number of ether oxygens (including phenoxy) is 2. The van der Waals surface area contributed by atoms with Gasteiger partial charge in [0.25, 0.3) is 0 Å². The molecule has 0 aliphatic carbocycles. The highest BCUT2D eigenvalue weighted by Crippen LogP contribution is 2.27. The third-order valence-electron chi connectivity index (χ3n) is 4.91. The number of hydrogen-bond acceptors (Lipinski definition) is 7. The van der Waals surface area contributed by atoms with Gasteiger partial charge in [0.15, 0.2) is 12.1 Å². The Labute approximate surface area is 168 Å². The zero-order valence-corrected chi connectivity index (χ0v) is 16.2. The number of aryl methyl sites for hydroxylation is 1. The summed E-state index contributed by atoms with van der Waals surface area (Å²) in [6, 6.07) is 5.84. The summed E-state index contributed by atoms with van der Waals surface area (Å²) < 4.78 is 18.0. The molecule has 3 aromatic rings. The molecule has 1 N–H and O–H groups in total. The Kier molecular flexibility index (Phi) is 6.35. The molecule has 0 saturated carbocycles. The number of H-pyrrole nitrogens is 1. The van der Waals surface area contributed by atoms with Crippen LogP contribution in [0.3, 0.4) is 0 Å². The molecule has 9 heteroatoms. The van der Waals surface area contributed by atoms with Gasteiger partial charge in [-0.05, 0) is 56.7 Å². The van der Waals surface area contributed by atoms with Gasteiger partial charge in [-0.15, -0.1) is 0 Å². The minimum Gasteiger partial charge on any atom is -0.492 e. The number of hydrogen-bond donors (Lipinski definition) is 1. The van der Waals surface area contributed by atoms with Crippen molar-refractivity contribution in [1.82, 2.24) is 24.9 Å². The second-order valence-corrected chi connectivity index (χ2v) is 7.06. The average molecular weight is 399 g/mol. The van der Waals surface area contributed by atoms with E-state index in [4.69, 9.17) is 9.47 Å². The van der Waals surface area contributed by atoms with Crippen molar-refractivity contribution in [2.45, 2.75) is 51.2 Å². The van der Waals surface area contributed by atoms with Crippen molar-refractivity contribution in [3.63, 3.8) is 0 Å². The maximum Gasteiger partial charge on any atom is 0.438 e. The van der Waals surface area contributed by atoms with Gasteiger partial charge in [-0.3, -0.25) is 14.5 Å². The van der Waals surface area contributed by atoms with E-state index in [0.717, 1.165) is 62.3 Å². The molecule has 1 aliphatic heterocycles. The molecule has 0 radical (unpaired) electrons. The number of nitrogens with zero attached hydrogens (tertiary/aromatic N) is 4. The van der Waals surface area contributed by atoms with Gasteiger partial charge in [-0.1, -0.05) is 5.16 Å². The molecule has 1 unspecified atom stereocenters. The first kappa shape index (κ1) is 19.4. The average Bonchev–Trinajstić information content (AvgIpc) is 3.41. The molecule has 1 saturated heterocycles. The lowest BCUT2D eigenvalue weighted by Crippen LogP contribution is -2.20. The third-order valence-corrected chi connectivity index (χ3v) is 4.91.